The molecule has 21 heavy (non-hydrogen) atoms. The summed E-state index contributed by atoms with van der Waals surface area (Å²) in [5.41, 5.74) is 0.269. The van der Waals surface area contributed by atoms with E-state index in [1.54, 1.807) is 11.6 Å². The van der Waals surface area contributed by atoms with E-state index in [-0.39, 0.29) is 10.7 Å². The molecule has 3 rings (SSSR count). The van der Waals surface area contributed by atoms with E-state index in [4.69, 9.17) is 0 Å². The zero-order chi connectivity index (χ0) is 15.3. The fraction of sp³-hybridized carbons (Fsp3) is 0.929. The summed E-state index contributed by atoms with van der Waals surface area (Å²) in [4.78, 5) is 0. The summed E-state index contributed by atoms with van der Waals surface area (Å²) in [5.74, 6) is 0.516. The maximum Gasteiger partial charge on any atom is 0.169 e. The maximum atomic E-state index is 12.9. The van der Waals surface area contributed by atoms with Crippen LogP contribution in [0.4, 0.5) is 0 Å². The van der Waals surface area contributed by atoms with Crippen molar-refractivity contribution in [3.63, 3.8) is 0 Å². The lowest BCUT2D eigenvalue weighted by atomic mass is 9.77. The highest BCUT2D eigenvalue weighted by molar-refractivity contribution is 7.92. The van der Waals surface area contributed by atoms with E-state index in [1.807, 2.05) is 0 Å². The highest BCUT2D eigenvalue weighted by Gasteiger charge is 2.40. The standard InChI is InChI=1S/C14H24N4O2S/c1-10(13-15-16-17-18(13)11-4-5-11)21(19,20)12-6-8-14(2,3)9-7-12/h10-12H,4-9H2,1-3H3. The number of hydrogen-bond donors (Lipinski definition) is 0. The molecule has 0 aliphatic heterocycles. The van der Waals surface area contributed by atoms with Crippen molar-refractivity contribution in [2.45, 2.75) is 75.8 Å². The molecule has 0 saturated heterocycles. The highest BCUT2D eigenvalue weighted by atomic mass is 32.2. The molecular weight excluding hydrogens is 288 g/mol. The van der Waals surface area contributed by atoms with Gasteiger partial charge in [0.05, 0.1) is 11.3 Å². The number of hydrogen-bond acceptors (Lipinski definition) is 5. The van der Waals surface area contributed by atoms with Gasteiger partial charge < -0.3 is 0 Å². The zero-order valence-electron chi connectivity index (χ0n) is 13.0. The Labute approximate surface area is 126 Å². The summed E-state index contributed by atoms with van der Waals surface area (Å²) in [7, 11) is -3.23. The topological polar surface area (TPSA) is 77.7 Å². The average molecular weight is 312 g/mol. The van der Waals surface area contributed by atoms with Gasteiger partial charge in [-0.1, -0.05) is 13.8 Å². The van der Waals surface area contributed by atoms with Gasteiger partial charge in [0.25, 0.3) is 0 Å². The average Bonchev–Trinajstić information content (AvgIpc) is 3.15. The van der Waals surface area contributed by atoms with Gasteiger partial charge in [0.15, 0.2) is 15.7 Å². The molecule has 118 valence electrons. The lowest BCUT2D eigenvalue weighted by molar-refractivity contribution is 0.245. The summed E-state index contributed by atoms with van der Waals surface area (Å²) in [6, 6.07) is 0.304. The lowest BCUT2D eigenvalue weighted by Crippen LogP contribution is -2.33. The SMILES string of the molecule is CC(c1nnnn1C1CC1)S(=O)(=O)C1CCC(C)(C)CC1. The van der Waals surface area contributed by atoms with Gasteiger partial charge >= 0.3 is 0 Å². The molecule has 2 fully saturated rings. The van der Waals surface area contributed by atoms with Crippen molar-refractivity contribution < 1.29 is 8.42 Å². The Morgan fingerprint density at radius 2 is 1.81 bits per heavy atom. The van der Waals surface area contributed by atoms with Crippen LogP contribution in [0.3, 0.4) is 0 Å². The summed E-state index contributed by atoms with van der Waals surface area (Å²) < 4.78 is 27.5. The van der Waals surface area contributed by atoms with Crippen molar-refractivity contribution in [2.75, 3.05) is 0 Å². The predicted octanol–water partition coefficient (Wildman–Crippen LogP) is 2.45. The monoisotopic (exact) mass is 312 g/mol. The molecule has 7 heteroatoms. The second-order valence-corrected chi connectivity index (χ2v) is 9.86. The van der Waals surface area contributed by atoms with Crippen LogP contribution in [-0.2, 0) is 9.84 Å². The van der Waals surface area contributed by atoms with Crippen LogP contribution in [0.15, 0.2) is 0 Å². The third-order valence-corrected chi connectivity index (χ3v) is 7.62. The summed E-state index contributed by atoms with van der Waals surface area (Å²) in [6.45, 7) is 6.17. The van der Waals surface area contributed by atoms with Crippen LogP contribution in [0.25, 0.3) is 0 Å². The number of tetrazole rings is 1. The van der Waals surface area contributed by atoms with Crippen LogP contribution >= 0.6 is 0 Å². The predicted molar refractivity (Wildman–Crippen MR) is 79.5 cm³/mol. The Bertz CT molecular complexity index is 609. The van der Waals surface area contributed by atoms with Crippen LogP contribution in [0.2, 0.25) is 0 Å². The van der Waals surface area contributed by atoms with Gasteiger partial charge in [-0.05, 0) is 61.3 Å². The van der Waals surface area contributed by atoms with Crippen molar-refractivity contribution in [2.24, 2.45) is 5.41 Å². The number of aromatic nitrogens is 4. The Morgan fingerprint density at radius 1 is 1.19 bits per heavy atom. The molecule has 1 unspecified atom stereocenters. The van der Waals surface area contributed by atoms with E-state index in [9.17, 15) is 8.42 Å². The molecular formula is C14H24N4O2S. The first-order chi connectivity index (χ1) is 9.81. The zero-order valence-corrected chi connectivity index (χ0v) is 13.8. The van der Waals surface area contributed by atoms with Gasteiger partial charge in [0.2, 0.25) is 0 Å². The minimum absolute atomic E-state index is 0.245. The number of rotatable bonds is 4. The van der Waals surface area contributed by atoms with E-state index in [0.717, 1.165) is 38.5 Å². The van der Waals surface area contributed by atoms with E-state index in [1.165, 1.54) is 0 Å². The summed E-state index contributed by atoms with van der Waals surface area (Å²) >= 11 is 0. The highest BCUT2D eigenvalue weighted by Crippen LogP contribution is 2.41. The van der Waals surface area contributed by atoms with E-state index in [0.29, 0.717) is 11.9 Å². The molecule has 0 amide bonds. The van der Waals surface area contributed by atoms with Gasteiger partial charge in [-0.15, -0.1) is 5.10 Å². The summed E-state index contributed by atoms with van der Waals surface area (Å²) in [6.07, 6.45) is 5.54. The van der Waals surface area contributed by atoms with Gasteiger partial charge in [0, 0.05) is 0 Å². The molecule has 0 spiro atoms. The molecule has 1 heterocycles. The molecule has 0 radical (unpaired) electrons. The normalized spacial score (nSPS) is 24.9. The molecule has 0 N–H and O–H groups in total. The van der Waals surface area contributed by atoms with Gasteiger partial charge in [-0.2, -0.15) is 0 Å². The maximum absolute atomic E-state index is 12.9. The van der Waals surface area contributed by atoms with Crippen LogP contribution in [-0.4, -0.2) is 33.9 Å². The molecule has 0 aromatic carbocycles. The fourth-order valence-corrected chi connectivity index (χ4v) is 5.10. The third-order valence-electron chi connectivity index (χ3n) is 5.02. The smallest absolute Gasteiger partial charge is 0.169 e. The molecule has 2 aliphatic rings. The van der Waals surface area contributed by atoms with Gasteiger partial charge in [0.1, 0.15) is 5.25 Å². The third kappa shape index (κ3) is 2.84. The van der Waals surface area contributed by atoms with Gasteiger partial charge in [-0.25, -0.2) is 13.1 Å². The van der Waals surface area contributed by atoms with Crippen molar-refractivity contribution in [1.82, 2.24) is 20.2 Å². The number of sulfone groups is 1. The Morgan fingerprint density at radius 3 is 2.38 bits per heavy atom. The van der Waals surface area contributed by atoms with E-state index >= 15 is 0 Å². The van der Waals surface area contributed by atoms with Crippen molar-refractivity contribution in [3.8, 4) is 0 Å². The lowest BCUT2D eigenvalue weighted by Gasteiger charge is -2.34. The van der Waals surface area contributed by atoms with E-state index < -0.39 is 15.1 Å². The number of nitrogens with zero attached hydrogens (tertiary/aromatic N) is 4. The van der Waals surface area contributed by atoms with Crippen LogP contribution in [0.1, 0.15) is 76.4 Å². The van der Waals surface area contributed by atoms with Crippen LogP contribution in [0, 0.1) is 5.41 Å². The largest absolute Gasteiger partial charge is 0.228 e. The molecule has 2 saturated carbocycles. The van der Waals surface area contributed by atoms with E-state index in [2.05, 4.69) is 29.4 Å². The minimum Gasteiger partial charge on any atom is -0.228 e. The van der Waals surface area contributed by atoms with Gasteiger partial charge in [-0.3, -0.25) is 0 Å². The second-order valence-electron chi connectivity index (χ2n) is 7.31. The quantitative estimate of drug-likeness (QED) is 0.853. The molecule has 1 atom stereocenters. The first-order valence-electron chi connectivity index (χ1n) is 7.82. The first kappa shape index (κ1) is 14.9. The Hall–Kier alpha value is -0.980. The molecule has 1 aromatic heterocycles. The molecule has 2 aliphatic carbocycles. The molecule has 0 bridgehead atoms. The summed E-state index contributed by atoms with van der Waals surface area (Å²) in [5, 5.41) is 10.8. The Kier molecular flexibility index (Phi) is 3.58. The Balaban J connectivity index is 1.79. The first-order valence-corrected chi connectivity index (χ1v) is 9.43. The molecule has 6 nitrogen and oxygen atoms in total. The molecule has 1 aromatic rings. The van der Waals surface area contributed by atoms with Crippen molar-refractivity contribution in [1.29, 1.82) is 0 Å². The van der Waals surface area contributed by atoms with Crippen LogP contribution in [0.5, 0.6) is 0 Å². The van der Waals surface area contributed by atoms with Crippen molar-refractivity contribution in [3.05, 3.63) is 5.82 Å². The van der Waals surface area contributed by atoms with Crippen molar-refractivity contribution >= 4 is 9.84 Å². The van der Waals surface area contributed by atoms with Crippen LogP contribution < -0.4 is 0 Å². The minimum atomic E-state index is -3.23. The fourth-order valence-electron chi connectivity index (χ4n) is 3.18. The second kappa shape index (κ2) is 5.04.